The lowest BCUT2D eigenvalue weighted by Crippen LogP contribution is -2.10. The number of ether oxygens (including phenoxy) is 5. The summed E-state index contributed by atoms with van der Waals surface area (Å²) < 4.78 is 25.7. The number of rotatable bonds is 6. The summed E-state index contributed by atoms with van der Waals surface area (Å²) >= 11 is 0. The Kier molecular flexibility index (Phi) is 5.76. The molecule has 0 aliphatic rings. The van der Waals surface area contributed by atoms with Gasteiger partial charge in [-0.05, 0) is 19.1 Å². The fourth-order valence-electron chi connectivity index (χ4n) is 2.68. The van der Waals surface area contributed by atoms with Crippen LogP contribution in [0.5, 0.6) is 23.0 Å². The fourth-order valence-corrected chi connectivity index (χ4v) is 2.68. The number of benzene rings is 2. The highest BCUT2D eigenvalue weighted by molar-refractivity contribution is 6.14. The number of hydrogen-bond donors (Lipinski definition) is 1. The summed E-state index contributed by atoms with van der Waals surface area (Å²) in [5.41, 5.74) is -0.157. The topological polar surface area (TPSA) is 101 Å². The fraction of sp³-hybridized carbons (Fsp3) is 0.333. The Morgan fingerprint density at radius 1 is 0.923 bits per heavy atom. The lowest BCUT2D eigenvalue weighted by Gasteiger charge is -2.18. The first-order valence-corrected chi connectivity index (χ1v) is 7.69. The molecule has 0 spiro atoms. The third kappa shape index (κ3) is 3.05. The van der Waals surface area contributed by atoms with Crippen LogP contribution in [0, 0.1) is 0 Å². The van der Waals surface area contributed by atoms with Gasteiger partial charge in [0.25, 0.3) is 0 Å². The molecule has 8 nitrogen and oxygen atoms in total. The molecule has 0 aliphatic heterocycles. The van der Waals surface area contributed by atoms with Crippen LogP contribution in [0.1, 0.15) is 27.6 Å². The van der Waals surface area contributed by atoms with E-state index in [1.807, 2.05) is 0 Å². The number of methoxy groups -OCH3 is 4. The molecule has 140 valence electrons. The van der Waals surface area contributed by atoms with Gasteiger partial charge >= 0.3 is 11.9 Å². The van der Waals surface area contributed by atoms with Gasteiger partial charge in [0, 0.05) is 10.8 Å². The smallest absolute Gasteiger partial charge is 0.341 e. The van der Waals surface area contributed by atoms with Gasteiger partial charge in [-0.15, -0.1) is 0 Å². The van der Waals surface area contributed by atoms with E-state index in [1.54, 1.807) is 6.92 Å². The maximum absolute atomic E-state index is 12.3. The molecule has 2 rings (SSSR count). The number of hydrogen-bond acceptors (Lipinski definition) is 8. The van der Waals surface area contributed by atoms with Crippen molar-refractivity contribution in [2.45, 2.75) is 6.92 Å². The molecule has 0 aromatic heterocycles. The van der Waals surface area contributed by atoms with Crippen LogP contribution in [-0.2, 0) is 9.47 Å². The minimum Gasteiger partial charge on any atom is -0.506 e. The van der Waals surface area contributed by atoms with Crippen LogP contribution in [0.4, 0.5) is 0 Å². The maximum Gasteiger partial charge on any atom is 0.341 e. The monoisotopic (exact) mass is 364 g/mol. The number of phenols is 1. The molecule has 0 bridgehead atoms. The normalized spacial score (nSPS) is 10.3. The number of aromatic hydroxyl groups is 1. The Labute approximate surface area is 150 Å². The first-order chi connectivity index (χ1) is 12.4. The second-order valence-corrected chi connectivity index (χ2v) is 5.10. The van der Waals surface area contributed by atoms with Gasteiger partial charge in [-0.2, -0.15) is 0 Å². The van der Waals surface area contributed by atoms with Crippen molar-refractivity contribution in [2.24, 2.45) is 0 Å². The lowest BCUT2D eigenvalue weighted by molar-refractivity contribution is 0.0523. The van der Waals surface area contributed by atoms with E-state index in [0.717, 1.165) is 0 Å². The van der Waals surface area contributed by atoms with E-state index in [-0.39, 0.29) is 51.5 Å². The van der Waals surface area contributed by atoms with Gasteiger partial charge in [-0.1, -0.05) is 0 Å². The van der Waals surface area contributed by atoms with E-state index in [0.29, 0.717) is 0 Å². The van der Waals surface area contributed by atoms with Crippen LogP contribution >= 0.6 is 0 Å². The zero-order valence-corrected chi connectivity index (χ0v) is 15.2. The summed E-state index contributed by atoms with van der Waals surface area (Å²) in [7, 11) is 5.42. The predicted octanol–water partition coefficient (Wildman–Crippen LogP) is 2.53. The van der Waals surface area contributed by atoms with Crippen molar-refractivity contribution >= 4 is 22.7 Å². The molecule has 1 N–H and O–H groups in total. The molecule has 0 aliphatic carbocycles. The van der Waals surface area contributed by atoms with Gasteiger partial charge in [0.1, 0.15) is 11.3 Å². The van der Waals surface area contributed by atoms with E-state index in [1.165, 1.54) is 40.6 Å². The Bertz CT molecular complexity index is 856. The van der Waals surface area contributed by atoms with Gasteiger partial charge in [-0.3, -0.25) is 0 Å². The molecule has 0 fully saturated rings. The van der Waals surface area contributed by atoms with E-state index in [9.17, 15) is 14.7 Å². The van der Waals surface area contributed by atoms with Crippen molar-refractivity contribution in [2.75, 3.05) is 35.0 Å². The summed E-state index contributed by atoms with van der Waals surface area (Å²) in [4.78, 5) is 24.5. The molecule has 2 aromatic carbocycles. The summed E-state index contributed by atoms with van der Waals surface area (Å²) in [6.07, 6.45) is 0. The molecule has 0 unspecified atom stereocenters. The number of carbonyl (C=O) groups excluding carboxylic acids is 2. The first kappa shape index (κ1) is 19.2. The summed E-state index contributed by atoms with van der Waals surface area (Å²) in [6, 6.07) is 2.65. The minimum absolute atomic E-state index is 0.0150. The Hall–Kier alpha value is -3.16. The van der Waals surface area contributed by atoms with Crippen molar-refractivity contribution in [3.63, 3.8) is 0 Å². The number of fused-ring (bicyclic) bond motifs is 1. The molecule has 0 saturated carbocycles. The van der Waals surface area contributed by atoms with E-state index in [2.05, 4.69) is 0 Å². The summed E-state index contributed by atoms with van der Waals surface area (Å²) in [5.74, 6) is -1.21. The first-order valence-electron chi connectivity index (χ1n) is 7.69. The highest BCUT2D eigenvalue weighted by Crippen LogP contribution is 2.48. The molecular formula is C18H20O8. The highest BCUT2D eigenvalue weighted by atomic mass is 16.5. The molecule has 0 atom stereocenters. The molecule has 2 aromatic rings. The second kappa shape index (κ2) is 7.81. The predicted molar refractivity (Wildman–Crippen MR) is 92.6 cm³/mol. The van der Waals surface area contributed by atoms with Crippen molar-refractivity contribution in [1.82, 2.24) is 0 Å². The van der Waals surface area contributed by atoms with Gasteiger partial charge in [0.2, 0.25) is 5.75 Å². The highest BCUT2D eigenvalue weighted by Gasteiger charge is 2.27. The third-order valence-corrected chi connectivity index (χ3v) is 3.80. The lowest BCUT2D eigenvalue weighted by atomic mass is 9.97. The standard InChI is InChI=1S/C18H20O8/c1-6-26-18(21)11-7-10(17(20)25-5)13-9(14(11)19)8-12(22-2)15(23-3)16(13)24-4/h7-8,19H,6H2,1-5H3. The van der Waals surface area contributed by atoms with Gasteiger partial charge in [-0.25, -0.2) is 9.59 Å². The Morgan fingerprint density at radius 3 is 2.08 bits per heavy atom. The van der Waals surface area contributed by atoms with Gasteiger partial charge in [0.05, 0.1) is 40.6 Å². The third-order valence-electron chi connectivity index (χ3n) is 3.80. The molecule has 0 heterocycles. The van der Waals surface area contributed by atoms with Crippen molar-refractivity contribution < 1.29 is 38.4 Å². The zero-order chi connectivity index (χ0) is 19.4. The molecule has 0 amide bonds. The average Bonchev–Trinajstić information content (AvgIpc) is 2.66. The molecule has 0 saturated heterocycles. The molecule has 26 heavy (non-hydrogen) atoms. The van der Waals surface area contributed by atoms with Crippen molar-refractivity contribution in [1.29, 1.82) is 0 Å². The summed E-state index contributed by atoms with van der Waals surface area (Å²) in [5, 5.41) is 11.0. The van der Waals surface area contributed by atoms with Crippen LogP contribution in [0.2, 0.25) is 0 Å². The minimum atomic E-state index is -0.772. The Morgan fingerprint density at radius 2 is 1.58 bits per heavy atom. The van der Waals surface area contributed by atoms with Crippen molar-refractivity contribution in [3.05, 3.63) is 23.3 Å². The summed E-state index contributed by atoms with van der Waals surface area (Å²) in [6.45, 7) is 1.74. The zero-order valence-electron chi connectivity index (χ0n) is 15.2. The second-order valence-electron chi connectivity index (χ2n) is 5.10. The number of phenolic OH excluding ortho intramolecular Hbond substituents is 1. The largest absolute Gasteiger partial charge is 0.506 e. The maximum atomic E-state index is 12.3. The van der Waals surface area contributed by atoms with Crippen LogP contribution in [0.25, 0.3) is 10.8 Å². The molecular weight excluding hydrogens is 344 g/mol. The quantitative estimate of drug-likeness (QED) is 0.781. The van der Waals surface area contributed by atoms with E-state index < -0.39 is 11.9 Å². The van der Waals surface area contributed by atoms with E-state index >= 15 is 0 Å². The van der Waals surface area contributed by atoms with Crippen LogP contribution < -0.4 is 14.2 Å². The van der Waals surface area contributed by atoms with Crippen molar-refractivity contribution in [3.8, 4) is 23.0 Å². The van der Waals surface area contributed by atoms with E-state index in [4.69, 9.17) is 23.7 Å². The number of carbonyl (C=O) groups is 2. The van der Waals surface area contributed by atoms with Crippen LogP contribution in [0.15, 0.2) is 12.1 Å². The van der Waals surface area contributed by atoms with Crippen LogP contribution in [-0.4, -0.2) is 52.1 Å². The van der Waals surface area contributed by atoms with Gasteiger partial charge in [0.15, 0.2) is 11.5 Å². The Balaban J connectivity index is 3.02. The molecule has 0 radical (unpaired) electrons. The van der Waals surface area contributed by atoms with Crippen LogP contribution in [0.3, 0.4) is 0 Å². The van der Waals surface area contributed by atoms with Gasteiger partial charge < -0.3 is 28.8 Å². The SMILES string of the molecule is CCOC(=O)c1cc(C(=O)OC)c2c(OC)c(OC)c(OC)cc2c1O. The number of esters is 2. The average molecular weight is 364 g/mol. The molecule has 8 heteroatoms.